The smallest absolute Gasteiger partial charge is 0.169 e. The lowest BCUT2D eigenvalue weighted by molar-refractivity contribution is 0.426. The van der Waals surface area contributed by atoms with Gasteiger partial charge in [-0.05, 0) is 47.2 Å². The Morgan fingerprint density at radius 2 is 1.82 bits per heavy atom. The molecule has 0 amide bonds. The molecule has 17 heavy (non-hydrogen) atoms. The summed E-state index contributed by atoms with van der Waals surface area (Å²) in [5.41, 5.74) is -0.0446. The van der Waals surface area contributed by atoms with Gasteiger partial charge in [0.25, 0.3) is 0 Å². The van der Waals surface area contributed by atoms with Crippen molar-refractivity contribution in [3.63, 3.8) is 0 Å². The van der Waals surface area contributed by atoms with Crippen molar-refractivity contribution < 1.29 is 13.2 Å². The zero-order chi connectivity index (χ0) is 12.4. The molecule has 1 unspecified atom stereocenters. The fourth-order valence-electron chi connectivity index (χ4n) is 1.70. The number of halogens is 3. The second kappa shape index (κ2) is 4.98. The van der Waals surface area contributed by atoms with Crippen molar-refractivity contribution >= 4 is 15.9 Å². The average Bonchev–Trinajstić information content (AvgIpc) is 2.70. The summed E-state index contributed by atoms with van der Waals surface area (Å²) >= 11 is 3.16. The third-order valence-corrected chi connectivity index (χ3v) is 2.88. The third-order valence-electron chi connectivity index (χ3n) is 2.46. The molecular weight excluding hydrogens is 292 g/mol. The fraction of sp³-hybridized carbons (Fsp3) is 0.167. The zero-order valence-electron chi connectivity index (χ0n) is 9.01. The molecule has 0 aliphatic rings. The fourth-order valence-corrected chi connectivity index (χ4v) is 2.02. The molecule has 2 rings (SSSR count). The minimum Gasteiger partial charge on any atom is -0.452 e. The van der Waals surface area contributed by atoms with Gasteiger partial charge in [0.05, 0.1) is 6.04 Å². The normalized spacial score (nSPS) is 12.7. The molecule has 0 bridgehead atoms. The first-order chi connectivity index (χ1) is 8.13. The summed E-state index contributed by atoms with van der Waals surface area (Å²) in [6.45, 7) is 0. The number of nitrogens with one attached hydrogen (secondary N) is 1. The van der Waals surface area contributed by atoms with Crippen LogP contribution in [0.25, 0.3) is 0 Å². The van der Waals surface area contributed by atoms with Gasteiger partial charge in [-0.3, -0.25) is 0 Å². The van der Waals surface area contributed by atoms with Crippen LogP contribution in [-0.4, -0.2) is 7.05 Å². The van der Waals surface area contributed by atoms with Crippen LogP contribution in [0.1, 0.15) is 17.4 Å². The molecule has 0 aliphatic heterocycles. The molecule has 0 saturated heterocycles. The first kappa shape index (κ1) is 12.3. The van der Waals surface area contributed by atoms with Crippen LogP contribution in [-0.2, 0) is 0 Å². The van der Waals surface area contributed by atoms with Crippen LogP contribution in [0.15, 0.2) is 39.4 Å². The highest BCUT2D eigenvalue weighted by Crippen LogP contribution is 2.29. The van der Waals surface area contributed by atoms with Gasteiger partial charge < -0.3 is 9.73 Å². The van der Waals surface area contributed by atoms with Gasteiger partial charge in [-0.1, -0.05) is 6.07 Å². The van der Waals surface area contributed by atoms with Gasteiger partial charge in [0.1, 0.15) is 17.4 Å². The first-order valence-corrected chi connectivity index (χ1v) is 5.79. The molecular formula is C12H10BrF2NO. The highest BCUT2D eigenvalue weighted by molar-refractivity contribution is 9.10. The molecule has 0 aliphatic carbocycles. The molecule has 1 atom stereocenters. The molecule has 0 saturated carbocycles. The van der Waals surface area contributed by atoms with E-state index >= 15 is 0 Å². The van der Waals surface area contributed by atoms with Crippen LogP contribution >= 0.6 is 15.9 Å². The summed E-state index contributed by atoms with van der Waals surface area (Å²) in [6, 6.07) is 6.47. The maximum Gasteiger partial charge on any atom is 0.169 e. The molecule has 0 spiro atoms. The van der Waals surface area contributed by atoms with E-state index in [2.05, 4.69) is 21.2 Å². The summed E-state index contributed by atoms with van der Waals surface area (Å²) in [4.78, 5) is 0. The van der Waals surface area contributed by atoms with E-state index in [-0.39, 0.29) is 5.56 Å². The van der Waals surface area contributed by atoms with Crippen LogP contribution in [0.4, 0.5) is 8.78 Å². The van der Waals surface area contributed by atoms with E-state index in [0.717, 1.165) is 0 Å². The van der Waals surface area contributed by atoms with Crippen molar-refractivity contribution in [2.24, 2.45) is 0 Å². The van der Waals surface area contributed by atoms with Crippen molar-refractivity contribution in [3.05, 3.63) is 58.0 Å². The lowest BCUT2D eigenvalue weighted by Crippen LogP contribution is -2.19. The number of furan rings is 1. The van der Waals surface area contributed by atoms with E-state index in [0.29, 0.717) is 10.4 Å². The number of rotatable bonds is 3. The quantitative estimate of drug-likeness (QED) is 0.936. The summed E-state index contributed by atoms with van der Waals surface area (Å²) in [6.07, 6.45) is 0. The summed E-state index contributed by atoms with van der Waals surface area (Å²) in [7, 11) is 1.62. The maximum absolute atomic E-state index is 13.6. The SMILES string of the molecule is CNC(c1ccc(Br)o1)c1c(F)cccc1F. The monoisotopic (exact) mass is 301 g/mol. The molecule has 1 aromatic carbocycles. The highest BCUT2D eigenvalue weighted by atomic mass is 79.9. The van der Waals surface area contributed by atoms with E-state index in [9.17, 15) is 8.78 Å². The van der Waals surface area contributed by atoms with Gasteiger partial charge in [0.15, 0.2) is 4.67 Å². The van der Waals surface area contributed by atoms with Gasteiger partial charge in [0, 0.05) is 5.56 Å². The molecule has 5 heteroatoms. The Balaban J connectivity index is 2.49. The molecule has 0 fully saturated rings. The van der Waals surface area contributed by atoms with Gasteiger partial charge in [-0.2, -0.15) is 0 Å². The Labute approximate surface area is 106 Å². The van der Waals surface area contributed by atoms with Crippen LogP contribution in [0, 0.1) is 11.6 Å². The van der Waals surface area contributed by atoms with Crippen molar-refractivity contribution in [1.29, 1.82) is 0 Å². The minimum atomic E-state index is -0.650. The van der Waals surface area contributed by atoms with Crippen LogP contribution in [0.3, 0.4) is 0 Å². The van der Waals surface area contributed by atoms with Crippen LogP contribution in [0.2, 0.25) is 0 Å². The Morgan fingerprint density at radius 1 is 1.18 bits per heavy atom. The average molecular weight is 302 g/mol. The molecule has 2 nitrogen and oxygen atoms in total. The summed E-state index contributed by atoms with van der Waals surface area (Å²) in [5.74, 6) is -0.753. The van der Waals surface area contributed by atoms with Crippen LogP contribution in [0.5, 0.6) is 0 Å². The van der Waals surface area contributed by atoms with E-state index in [1.165, 1.54) is 18.2 Å². The van der Waals surface area contributed by atoms with E-state index in [1.807, 2.05) is 0 Å². The molecule has 1 N–H and O–H groups in total. The predicted molar refractivity (Wildman–Crippen MR) is 63.7 cm³/mol. The van der Waals surface area contributed by atoms with Crippen molar-refractivity contribution in [2.45, 2.75) is 6.04 Å². The number of hydrogen-bond donors (Lipinski definition) is 1. The lowest BCUT2D eigenvalue weighted by Gasteiger charge is -2.15. The summed E-state index contributed by atoms with van der Waals surface area (Å²) < 4.78 is 33.1. The molecule has 1 aromatic heterocycles. The standard InChI is InChI=1S/C12H10BrF2NO/c1-16-12(9-5-6-10(13)17-9)11-7(14)3-2-4-8(11)15/h2-6,12,16H,1H3. The van der Waals surface area contributed by atoms with Crippen LogP contribution < -0.4 is 5.32 Å². The van der Waals surface area contributed by atoms with Gasteiger partial charge in [0.2, 0.25) is 0 Å². The topological polar surface area (TPSA) is 25.2 Å². The largest absolute Gasteiger partial charge is 0.452 e. The Morgan fingerprint density at radius 3 is 2.29 bits per heavy atom. The third kappa shape index (κ3) is 2.40. The van der Waals surface area contributed by atoms with Gasteiger partial charge in [-0.25, -0.2) is 8.78 Å². The minimum absolute atomic E-state index is 0.0446. The lowest BCUT2D eigenvalue weighted by atomic mass is 10.0. The summed E-state index contributed by atoms with van der Waals surface area (Å²) in [5, 5.41) is 2.84. The van der Waals surface area contributed by atoms with Crippen molar-refractivity contribution in [1.82, 2.24) is 5.32 Å². The number of benzene rings is 1. The van der Waals surface area contributed by atoms with E-state index < -0.39 is 17.7 Å². The van der Waals surface area contributed by atoms with E-state index in [4.69, 9.17) is 4.42 Å². The Hall–Kier alpha value is -1.20. The molecule has 1 heterocycles. The van der Waals surface area contributed by atoms with Gasteiger partial charge in [-0.15, -0.1) is 0 Å². The second-order valence-corrected chi connectivity index (χ2v) is 4.28. The molecule has 2 aromatic rings. The van der Waals surface area contributed by atoms with Crippen molar-refractivity contribution in [3.8, 4) is 0 Å². The van der Waals surface area contributed by atoms with Crippen molar-refractivity contribution in [2.75, 3.05) is 7.05 Å². The predicted octanol–water partition coefficient (Wildman–Crippen LogP) is 3.63. The number of hydrogen-bond acceptors (Lipinski definition) is 2. The Bertz CT molecular complexity index is 507. The molecule has 0 radical (unpaired) electrons. The van der Waals surface area contributed by atoms with Gasteiger partial charge >= 0.3 is 0 Å². The maximum atomic E-state index is 13.6. The highest BCUT2D eigenvalue weighted by Gasteiger charge is 2.22. The first-order valence-electron chi connectivity index (χ1n) is 5.00. The molecule has 90 valence electrons. The zero-order valence-corrected chi connectivity index (χ0v) is 10.6. The Kier molecular flexibility index (Phi) is 3.59. The van der Waals surface area contributed by atoms with E-state index in [1.54, 1.807) is 19.2 Å². The second-order valence-electron chi connectivity index (χ2n) is 3.50.